The number of likely N-dealkylation sites (tertiary alicyclic amines) is 1. The Hall–Kier alpha value is -1.40. The summed E-state index contributed by atoms with van der Waals surface area (Å²) in [4.78, 5) is 15.3. The number of carbonyl (C=O) groups is 1. The summed E-state index contributed by atoms with van der Waals surface area (Å²) in [6.07, 6.45) is 5.44. The van der Waals surface area contributed by atoms with Crippen molar-refractivity contribution in [3.8, 4) is 0 Å². The van der Waals surface area contributed by atoms with Gasteiger partial charge in [-0.15, -0.1) is 0 Å². The second-order valence-electron chi connectivity index (χ2n) is 7.40. The highest BCUT2D eigenvalue weighted by atomic mass is 16.5. The molecule has 1 aliphatic carbocycles. The topological polar surface area (TPSA) is 59.4 Å². The number of aromatic nitrogens is 2. The molecule has 126 valence electrons. The number of carbonyl (C=O) groups excluding carboxylic acids is 1. The number of amides is 1. The second kappa shape index (κ2) is 5.91. The molecule has 4 rings (SSSR count). The fraction of sp³-hybridized carbons (Fsp3) is 0.765. The van der Waals surface area contributed by atoms with Crippen molar-refractivity contribution in [2.75, 3.05) is 26.3 Å². The van der Waals surface area contributed by atoms with Crippen LogP contribution < -0.4 is 5.32 Å². The van der Waals surface area contributed by atoms with Crippen LogP contribution in [0.3, 0.4) is 0 Å². The van der Waals surface area contributed by atoms with Crippen molar-refractivity contribution >= 4 is 5.91 Å². The summed E-state index contributed by atoms with van der Waals surface area (Å²) < 4.78 is 7.21. The predicted molar refractivity (Wildman–Crippen MR) is 86.4 cm³/mol. The van der Waals surface area contributed by atoms with Gasteiger partial charge in [0.1, 0.15) is 0 Å². The van der Waals surface area contributed by atoms with Gasteiger partial charge < -0.3 is 10.1 Å². The maximum Gasteiger partial charge on any atom is 0.255 e. The average Bonchev–Trinajstić information content (AvgIpc) is 2.93. The van der Waals surface area contributed by atoms with Crippen LogP contribution in [0.25, 0.3) is 0 Å². The average molecular weight is 318 g/mol. The maximum absolute atomic E-state index is 12.8. The smallest absolute Gasteiger partial charge is 0.255 e. The minimum atomic E-state index is 0.0227. The first kappa shape index (κ1) is 15.1. The Balaban J connectivity index is 1.46. The highest BCUT2D eigenvalue weighted by Crippen LogP contribution is 2.32. The van der Waals surface area contributed by atoms with E-state index < -0.39 is 0 Å². The van der Waals surface area contributed by atoms with E-state index in [1.807, 2.05) is 13.2 Å². The SMILES string of the molecule is C[C@@H]1CN(C2CC2)C[C@@H]1NC(=O)c1cn(C)nc1[C@H]1CCOC1. The molecule has 6 nitrogen and oxygen atoms in total. The molecule has 0 unspecified atom stereocenters. The van der Waals surface area contributed by atoms with Crippen molar-refractivity contribution in [2.45, 2.75) is 44.2 Å². The van der Waals surface area contributed by atoms with E-state index in [0.717, 1.165) is 43.4 Å². The van der Waals surface area contributed by atoms with Crippen molar-refractivity contribution in [2.24, 2.45) is 13.0 Å². The summed E-state index contributed by atoms with van der Waals surface area (Å²) in [7, 11) is 1.88. The van der Waals surface area contributed by atoms with Gasteiger partial charge in [0.15, 0.2) is 0 Å². The van der Waals surface area contributed by atoms with Gasteiger partial charge in [0, 0.05) is 50.9 Å². The van der Waals surface area contributed by atoms with Crippen molar-refractivity contribution in [1.82, 2.24) is 20.0 Å². The highest BCUT2D eigenvalue weighted by molar-refractivity contribution is 5.95. The van der Waals surface area contributed by atoms with Crippen LogP contribution in [0.15, 0.2) is 6.20 Å². The zero-order chi connectivity index (χ0) is 16.0. The van der Waals surface area contributed by atoms with Crippen LogP contribution in [0, 0.1) is 5.92 Å². The lowest BCUT2D eigenvalue weighted by Crippen LogP contribution is -2.40. The molecule has 3 fully saturated rings. The van der Waals surface area contributed by atoms with E-state index in [4.69, 9.17) is 4.74 Å². The summed E-state index contributed by atoms with van der Waals surface area (Å²) in [5, 5.41) is 7.79. The number of hydrogen-bond acceptors (Lipinski definition) is 4. The Morgan fingerprint density at radius 2 is 2.17 bits per heavy atom. The number of nitrogens with zero attached hydrogens (tertiary/aromatic N) is 3. The van der Waals surface area contributed by atoms with Gasteiger partial charge in [-0.3, -0.25) is 14.4 Å². The van der Waals surface area contributed by atoms with Gasteiger partial charge in [-0.05, 0) is 25.2 Å². The lowest BCUT2D eigenvalue weighted by molar-refractivity contribution is 0.0929. The van der Waals surface area contributed by atoms with Crippen LogP contribution >= 0.6 is 0 Å². The van der Waals surface area contributed by atoms with Crippen LogP contribution in [-0.4, -0.2) is 59.0 Å². The normalized spacial score (nSPS) is 31.7. The number of rotatable bonds is 4. The zero-order valence-corrected chi connectivity index (χ0v) is 14.0. The Morgan fingerprint density at radius 3 is 2.87 bits per heavy atom. The molecular weight excluding hydrogens is 292 g/mol. The Labute approximate surface area is 137 Å². The lowest BCUT2D eigenvalue weighted by Gasteiger charge is -2.17. The van der Waals surface area contributed by atoms with E-state index >= 15 is 0 Å². The molecule has 1 saturated carbocycles. The molecule has 2 aliphatic heterocycles. The minimum absolute atomic E-state index is 0.0227. The molecule has 0 aromatic carbocycles. The maximum atomic E-state index is 12.8. The molecule has 0 radical (unpaired) electrons. The van der Waals surface area contributed by atoms with E-state index in [2.05, 4.69) is 22.2 Å². The van der Waals surface area contributed by atoms with Gasteiger partial charge in [0.05, 0.1) is 17.9 Å². The van der Waals surface area contributed by atoms with Gasteiger partial charge in [-0.25, -0.2) is 0 Å². The third kappa shape index (κ3) is 3.02. The minimum Gasteiger partial charge on any atom is -0.381 e. The van der Waals surface area contributed by atoms with E-state index in [0.29, 0.717) is 12.5 Å². The van der Waals surface area contributed by atoms with Crippen molar-refractivity contribution in [1.29, 1.82) is 0 Å². The predicted octanol–water partition coefficient (Wildman–Crippen LogP) is 1.14. The lowest BCUT2D eigenvalue weighted by atomic mass is 10.00. The molecule has 0 spiro atoms. The summed E-state index contributed by atoms with van der Waals surface area (Å²) in [6, 6.07) is 1.01. The van der Waals surface area contributed by atoms with Crippen LogP contribution in [0.1, 0.15) is 48.2 Å². The van der Waals surface area contributed by atoms with E-state index in [1.165, 1.54) is 12.8 Å². The standard InChI is InChI=1S/C17H26N4O2/c1-11-7-21(13-3-4-13)9-15(11)18-17(22)14-8-20(2)19-16(14)12-5-6-23-10-12/h8,11-13,15H,3-7,9-10H2,1-2H3,(H,18,22)/t11-,12+,15+/m1/s1. The third-order valence-electron chi connectivity index (χ3n) is 5.44. The Bertz CT molecular complexity index is 589. The summed E-state index contributed by atoms with van der Waals surface area (Å²) in [6.45, 7) is 5.76. The molecular formula is C17H26N4O2. The monoisotopic (exact) mass is 318 g/mol. The van der Waals surface area contributed by atoms with Gasteiger partial charge in [0.2, 0.25) is 0 Å². The van der Waals surface area contributed by atoms with E-state index in [-0.39, 0.29) is 17.9 Å². The van der Waals surface area contributed by atoms with Crippen molar-refractivity contribution in [3.05, 3.63) is 17.5 Å². The molecule has 1 amide bonds. The summed E-state index contributed by atoms with van der Waals surface area (Å²) in [5.41, 5.74) is 1.62. The van der Waals surface area contributed by atoms with E-state index in [9.17, 15) is 4.79 Å². The zero-order valence-electron chi connectivity index (χ0n) is 14.0. The summed E-state index contributed by atoms with van der Waals surface area (Å²) >= 11 is 0. The first-order chi connectivity index (χ1) is 11.1. The second-order valence-corrected chi connectivity index (χ2v) is 7.40. The van der Waals surface area contributed by atoms with Gasteiger partial charge in [0.25, 0.3) is 5.91 Å². The van der Waals surface area contributed by atoms with Crippen LogP contribution in [0.5, 0.6) is 0 Å². The molecule has 1 N–H and O–H groups in total. The van der Waals surface area contributed by atoms with Crippen molar-refractivity contribution < 1.29 is 9.53 Å². The van der Waals surface area contributed by atoms with Gasteiger partial charge >= 0.3 is 0 Å². The van der Waals surface area contributed by atoms with Gasteiger partial charge in [-0.1, -0.05) is 6.92 Å². The number of nitrogens with one attached hydrogen (secondary N) is 1. The fourth-order valence-corrected chi connectivity index (χ4v) is 3.91. The molecule has 3 heterocycles. The third-order valence-corrected chi connectivity index (χ3v) is 5.44. The Morgan fingerprint density at radius 1 is 1.35 bits per heavy atom. The summed E-state index contributed by atoms with van der Waals surface area (Å²) in [5.74, 6) is 0.782. The fourth-order valence-electron chi connectivity index (χ4n) is 3.91. The van der Waals surface area contributed by atoms with E-state index in [1.54, 1.807) is 4.68 Å². The largest absolute Gasteiger partial charge is 0.381 e. The van der Waals surface area contributed by atoms with Gasteiger partial charge in [-0.2, -0.15) is 5.10 Å². The first-order valence-electron chi connectivity index (χ1n) is 8.78. The molecule has 2 saturated heterocycles. The molecule has 23 heavy (non-hydrogen) atoms. The molecule has 3 atom stereocenters. The number of ether oxygens (including phenoxy) is 1. The Kier molecular flexibility index (Phi) is 3.89. The highest BCUT2D eigenvalue weighted by Gasteiger charge is 2.39. The quantitative estimate of drug-likeness (QED) is 0.904. The number of hydrogen-bond donors (Lipinski definition) is 1. The van der Waals surface area contributed by atoms with Crippen LogP contribution in [0.2, 0.25) is 0 Å². The molecule has 1 aromatic rings. The molecule has 0 bridgehead atoms. The molecule has 6 heteroatoms. The first-order valence-corrected chi connectivity index (χ1v) is 8.78. The molecule has 1 aromatic heterocycles. The molecule has 3 aliphatic rings. The van der Waals surface area contributed by atoms with Crippen LogP contribution in [0.4, 0.5) is 0 Å². The van der Waals surface area contributed by atoms with Crippen LogP contribution in [-0.2, 0) is 11.8 Å². The number of aryl methyl sites for hydroxylation is 1. The van der Waals surface area contributed by atoms with Crippen molar-refractivity contribution in [3.63, 3.8) is 0 Å².